The van der Waals surface area contributed by atoms with Crippen LogP contribution in [0.2, 0.25) is 0 Å². The van der Waals surface area contributed by atoms with Gasteiger partial charge in [0.15, 0.2) is 5.96 Å². The van der Waals surface area contributed by atoms with E-state index in [1.165, 1.54) is 18.2 Å². The number of aliphatic imine (C=N–C) groups is 1. The summed E-state index contributed by atoms with van der Waals surface area (Å²) >= 11 is 0. The quantitative estimate of drug-likeness (QED) is 0.228. The molecule has 10 heteroatoms. The zero-order chi connectivity index (χ0) is 22.1. The molecule has 0 aliphatic carbocycles. The maximum Gasteiger partial charge on any atom is 0.419 e. The smallest absolute Gasteiger partial charge is 0.419 e. The number of hydrogen-bond acceptors (Lipinski definition) is 4. The summed E-state index contributed by atoms with van der Waals surface area (Å²) < 4.78 is 44.5. The van der Waals surface area contributed by atoms with Crippen molar-refractivity contribution in [3.05, 3.63) is 54.2 Å². The first-order valence-corrected chi connectivity index (χ1v) is 10.5. The SMILES string of the molecule is CCNC(=NCCOc1ccccc1C(F)(F)F)NC1CCN(c2ccccn2)CC1.I. The van der Waals surface area contributed by atoms with Gasteiger partial charge in [0.1, 0.15) is 18.2 Å². The zero-order valence-electron chi connectivity index (χ0n) is 17.9. The molecule has 176 valence electrons. The molecule has 0 unspecified atom stereocenters. The van der Waals surface area contributed by atoms with Crippen LogP contribution in [0.5, 0.6) is 5.75 Å². The van der Waals surface area contributed by atoms with E-state index in [-0.39, 0.29) is 48.9 Å². The van der Waals surface area contributed by atoms with Gasteiger partial charge in [0.2, 0.25) is 0 Å². The van der Waals surface area contributed by atoms with Crippen molar-refractivity contribution in [3.63, 3.8) is 0 Å². The highest BCUT2D eigenvalue weighted by molar-refractivity contribution is 14.0. The molecule has 32 heavy (non-hydrogen) atoms. The Hall–Kier alpha value is -2.24. The number of pyridine rings is 1. The maximum absolute atomic E-state index is 13.0. The topological polar surface area (TPSA) is 61.8 Å². The number of aromatic nitrogens is 1. The summed E-state index contributed by atoms with van der Waals surface area (Å²) in [6.07, 6.45) is -0.766. The number of nitrogens with zero attached hydrogens (tertiary/aromatic N) is 3. The highest BCUT2D eigenvalue weighted by Gasteiger charge is 2.33. The molecular formula is C22H29F3IN5O. The summed E-state index contributed by atoms with van der Waals surface area (Å²) in [7, 11) is 0. The Kier molecular flexibility index (Phi) is 10.3. The third kappa shape index (κ3) is 7.72. The Morgan fingerprint density at radius 1 is 1.16 bits per heavy atom. The monoisotopic (exact) mass is 563 g/mol. The molecule has 0 radical (unpaired) electrons. The molecule has 1 saturated heterocycles. The predicted molar refractivity (Wildman–Crippen MR) is 131 cm³/mol. The number of hydrogen-bond donors (Lipinski definition) is 2. The predicted octanol–water partition coefficient (Wildman–Crippen LogP) is 4.32. The van der Waals surface area contributed by atoms with Gasteiger partial charge in [0.05, 0.1) is 12.1 Å². The van der Waals surface area contributed by atoms with Crippen molar-refractivity contribution < 1.29 is 17.9 Å². The molecule has 1 aliphatic rings. The largest absolute Gasteiger partial charge is 0.491 e. The third-order valence-corrected chi connectivity index (χ3v) is 4.96. The molecule has 2 heterocycles. The van der Waals surface area contributed by atoms with Crippen LogP contribution >= 0.6 is 24.0 Å². The van der Waals surface area contributed by atoms with Crippen molar-refractivity contribution in [2.24, 2.45) is 4.99 Å². The number of nitrogens with one attached hydrogen (secondary N) is 2. The third-order valence-electron chi connectivity index (χ3n) is 4.96. The number of ether oxygens (including phenoxy) is 1. The number of guanidine groups is 1. The molecule has 1 aliphatic heterocycles. The van der Waals surface area contributed by atoms with Gasteiger partial charge in [-0.25, -0.2) is 9.98 Å². The van der Waals surface area contributed by atoms with Crippen molar-refractivity contribution in [1.82, 2.24) is 15.6 Å². The first-order valence-electron chi connectivity index (χ1n) is 10.5. The molecule has 0 amide bonds. The summed E-state index contributed by atoms with van der Waals surface area (Å²) in [5, 5.41) is 6.60. The summed E-state index contributed by atoms with van der Waals surface area (Å²) in [5.41, 5.74) is -0.774. The highest BCUT2D eigenvalue weighted by Crippen LogP contribution is 2.35. The second-order valence-electron chi connectivity index (χ2n) is 7.20. The maximum atomic E-state index is 13.0. The van der Waals surface area contributed by atoms with Gasteiger partial charge >= 0.3 is 6.18 Å². The van der Waals surface area contributed by atoms with Crippen molar-refractivity contribution in [1.29, 1.82) is 0 Å². The molecule has 0 atom stereocenters. The van der Waals surface area contributed by atoms with Crippen molar-refractivity contribution in [3.8, 4) is 5.75 Å². The molecule has 0 bridgehead atoms. The molecule has 0 spiro atoms. The van der Waals surface area contributed by atoms with Gasteiger partial charge in [-0.3, -0.25) is 0 Å². The van der Waals surface area contributed by atoms with E-state index in [4.69, 9.17) is 4.74 Å². The van der Waals surface area contributed by atoms with Gasteiger partial charge in [-0.1, -0.05) is 18.2 Å². The number of para-hydroxylation sites is 1. The number of benzene rings is 1. The zero-order valence-corrected chi connectivity index (χ0v) is 20.3. The van der Waals surface area contributed by atoms with Gasteiger partial charge in [0, 0.05) is 31.9 Å². The molecule has 3 rings (SSSR count). The van der Waals surface area contributed by atoms with E-state index in [1.54, 1.807) is 6.20 Å². The van der Waals surface area contributed by atoms with Crippen molar-refractivity contribution >= 4 is 35.8 Å². The van der Waals surface area contributed by atoms with Crippen LogP contribution in [0.3, 0.4) is 0 Å². The van der Waals surface area contributed by atoms with Crippen molar-refractivity contribution in [2.75, 3.05) is 37.7 Å². The van der Waals surface area contributed by atoms with Crippen LogP contribution in [0, 0.1) is 0 Å². The Balaban J connectivity index is 0.00000363. The summed E-state index contributed by atoms with van der Waals surface area (Å²) in [5.74, 6) is 1.45. The molecule has 0 saturated carbocycles. The first kappa shape index (κ1) is 26.0. The highest BCUT2D eigenvalue weighted by atomic mass is 127. The fourth-order valence-electron chi connectivity index (χ4n) is 3.45. The van der Waals surface area contributed by atoms with Crippen LogP contribution in [-0.2, 0) is 6.18 Å². The van der Waals surface area contributed by atoms with Gasteiger partial charge < -0.3 is 20.3 Å². The minimum Gasteiger partial charge on any atom is -0.491 e. The molecule has 2 aromatic rings. The number of alkyl halides is 3. The lowest BCUT2D eigenvalue weighted by molar-refractivity contribution is -0.138. The second kappa shape index (κ2) is 12.7. The van der Waals surface area contributed by atoms with Crippen LogP contribution < -0.4 is 20.3 Å². The minimum atomic E-state index is -4.44. The van der Waals surface area contributed by atoms with E-state index in [2.05, 4.69) is 25.5 Å². The number of anilines is 1. The molecule has 1 fully saturated rings. The van der Waals surface area contributed by atoms with E-state index >= 15 is 0 Å². The number of piperidine rings is 1. The molecule has 2 N–H and O–H groups in total. The van der Waals surface area contributed by atoms with Crippen molar-refractivity contribution in [2.45, 2.75) is 32.0 Å². The molecule has 1 aromatic heterocycles. The standard InChI is InChI=1S/C22H28F3N5O.HI/c1-2-26-21(28-13-16-31-19-8-4-3-7-18(19)22(23,24)25)29-17-10-14-30(15-11-17)20-9-5-6-12-27-20;/h3-9,12,17H,2,10-11,13-16H2,1H3,(H2,26,28,29);1H. The average Bonchev–Trinajstić information content (AvgIpc) is 2.77. The fourth-order valence-corrected chi connectivity index (χ4v) is 3.45. The molecule has 1 aromatic carbocycles. The Morgan fingerprint density at radius 2 is 1.88 bits per heavy atom. The van der Waals surface area contributed by atoms with E-state index in [9.17, 15) is 13.2 Å². The Bertz CT molecular complexity index is 843. The minimum absolute atomic E-state index is 0. The van der Waals surface area contributed by atoms with Gasteiger partial charge in [-0.05, 0) is 44.0 Å². The van der Waals surface area contributed by atoms with Gasteiger partial charge in [-0.2, -0.15) is 13.2 Å². The summed E-state index contributed by atoms with van der Waals surface area (Å²) in [4.78, 5) is 11.1. The average molecular weight is 563 g/mol. The summed E-state index contributed by atoms with van der Waals surface area (Å²) in [6, 6.07) is 11.4. The second-order valence-corrected chi connectivity index (χ2v) is 7.20. The normalized spacial score (nSPS) is 15.1. The molecule has 6 nitrogen and oxygen atoms in total. The first-order chi connectivity index (χ1) is 15.0. The van der Waals surface area contributed by atoms with E-state index in [0.29, 0.717) is 12.5 Å². The lowest BCUT2D eigenvalue weighted by atomic mass is 10.1. The fraction of sp³-hybridized carbons (Fsp3) is 0.455. The van der Waals surface area contributed by atoms with Crippen LogP contribution in [0.25, 0.3) is 0 Å². The van der Waals surface area contributed by atoms with Crippen LogP contribution in [0.4, 0.5) is 19.0 Å². The lowest BCUT2D eigenvalue weighted by Gasteiger charge is -2.33. The van der Waals surface area contributed by atoms with Crippen LogP contribution in [-0.4, -0.2) is 49.8 Å². The number of halogens is 4. The van der Waals surface area contributed by atoms with Gasteiger partial charge in [-0.15, -0.1) is 24.0 Å². The lowest BCUT2D eigenvalue weighted by Crippen LogP contribution is -2.49. The Morgan fingerprint density at radius 3 is 2.53 bits per heavy atom. The molecular weight excluding hydrogens is 534 g/mol. The van der Waals surface area contributed by atoms with E-state index in [0.717, 1.165) is 37.8 Å². The Labute approximate surface area is 203 Å². The summed E-state index contributed by atoms with van der Waals surface area (Å²) in [6.45, 7) is 4.75. The van der Waals surface area contributed by atoms with E-state index < -0.39 is 11.7 Å². The van der Waals surface area contributed by atoms with Gasteiger partial charge in [0.25, 0.3) is 0 Å². The van der Waals surface area contributed by atoms with E-state index in [1.807, 2.05) is 25.1 Å². The van der Waals surface area contributed by atoms with Crippen LogP contribution in [0.1, 0.15) is 25.3 Å². The number of rotatable bonds is 7. The van der Waals surface area contributed by atoms with Crippen LogP contribution in [0.15, 0.2) is 53.7 Å².